The van der Waals surface area contributed by atoms with E-state index in [2.05, 4.69) is 5.32 Å². The Morgan fingerprint density at radius 1 is 1.45 bits per heavy atom. The molecule has 2 N–H and O–H groups in total. The van der Waals surface area contributed by atoms with Gasteiger partial charge in [0.2, 0.25) is 0 Å². The van der Waals surface area contributed by atoms with Gasteiger partial charge in [0.1, 0.15) is 17.5 Å². The number of aryl methyl sites for hydroxylation is 1. The van der Waals surface area contributed by atoms with Gasteiger partial charge in [-0.05, 0) is 24.6 Å². The summed E-state index contributed by atoms with van der Waals surface area (Å²) in [6.45, 7) is 2.17. The minimum absolute atomic E-state index is 0.00449. The number of carbonyl (C=O) groups excluding carboxylic acids is 1. The van der Waals surface area contributed by atoms with E-state index in [1.165, 1.54) is 0 Å². The first-order valence-corrected chi connectivity index (χ1v) is 9.10. The van der Waals surface area contributed by atoms with Crippen LogP contribution in [0, 0.1) is 6.92 Å². The zero-order valence-electron chi connectivity index (χ0n) is 13.2. The fourth-order valence-corrected chi connectivity index (χ4v) is 4.57. The number of methoxy groups -OCH3 is 1. The summed E-state index contributed by atoms with van der Waals surface area (Å²) >= 11 is 0. The van der Waals surface area contributed by atoms with Crippen LogP contribution < -0.4 is 15.0 Å². The van der Waals surface area contributed by atoms with E-state index >= 15 is 0 Å². The van der Waals surface area contributed by atoms with Gasteiger partial charge in [-0.2, -0.15) is 0 Å². The Balaban J connectivity index is 1.97. The zero-order valence-corrected chi connectivity index (χ0v) is 14.0. The summed E-state index contributed by atoms with van der Waals surface area (Å²) in [5.74, 6) is 0.855. The van der Waals surface area contributed by atoms with E-state index in [-0.39, 0.29) is 30.0 Å². The van der Waals surface area contributed by atoms with Gasteiger partial charge in [-0.15, -0.1) is 0 Å². The molecular weight excluding hydrogens is 304 g/mol. The Morgan fingerprint density at radius 3 is 2.77 bits per heavy atom. The van der Waals surface area contributed by atoms with E-state index in [1.807, 2.05) is 32.2 Å². The number of hydrogen-bond donors (Lipinski definition) is 2. The molecule has 2 atom stereocenters. The van der Waals surface area contributed by atoms with Gasteiger partial charge >= 0.3 is 0 Å². The molecule has 0 radical (unpaired) electrons. The molecule has 122 valence electrons. The van der Waals surface area contributed by atoms with Gasteiger partial charge in [0.05, 0.1) is 25.6 Å². The lowest BCUT2D eigenvalue weighted by Gasteiger charge is -2.20. The lowest BCUT2D eigenvalue weighted by Crippen LogP contribution is -3.14. The summed E-state index contributed by atoms with van der Waals surface area (Å²) < 4.78 is 28.3. The molecule has 1 heterocycles. The molecule has 6 nitrogen and oxygen atoms in total. The van der Waals surface area contributed by atoms with Gasteiger partial charge in [0.15, 0.2) is 16.4 Å². The van der Waals surface area contributed by atoms with Crippen molar-refractivity contribution < 1.29 is 22.8 Å². The van der Waals surface area contributed by atoms with E-state index < -0.39 is 9.84 Å². The molecule has 1 aromatic rings. The highest BCUT2D eigenvalue weighted by Crippen LogP contribution is 2.24. The average Bonchev–Trinajstić information content (AvgIpc) is 2.79. The van der Waals surface area contributed by atoms with Crippen LogP contribution >= 0.6 is 0 Å². The van der Waals surface area contributed by atoms with Gasteiger partial charge in [-0.25, -0.2) is 8.42 Å². The molecule has 1 unspecified atom stereocenters. The molecule has 1 aliphatic rings. The molecule has 0 aromatic heterocycles. The van der Waals surface area contributed by atoms with Crippen molar-refractivity contribution in [3.63, 3.8) is 0 Å². The first-order valence-electron chi connectivity index (χ1n) is 7.28. The molecule has 0 aliphatic carbocycles. The zero-order chi connectivity index (χ0) is 16.3. The lowest BCUT2D eigenvalue weighted by atomic mass is 10.2. The van der Waals surface area contributed by atoms with Gasteiger partial charge < -0.3 is 15.0 Å². The molecular formula is C15H23N2O4S+. The van der Waals surface area contributed by atoms with Crippen LogP contribution in [-0.4, -0.2) is 52.6 Å². The van der Waals surface area contributed by atoms with Crippen LogP contribution in [0.3, 0.4) is 0 Å². The Bertz CT molecular complexity index is 658. The molecule has 1 amide bonds. The van der Waals surface area contributed by atoms with Crippen LogP contribution in [0.4, 0.5) is 5.69 Å². The number of sulfone groups is 1. The number of anilines is 1. The van der Waals surface area contributed by atoms with Gasteiger partial charge in [-0.3, -0.25) is 4.79 Å². The maximum absolute atomic E-state index is 12.2. The molecule has 0 spiro atoms. The van der Waals surface area contributed by atoms with Crippen molar-refractivity contribution in [3.8, 4) is 5.75 Å². The van der Waals surface area contributed by atoms with E-state index in [1.54, 1.807) is 7.11 Å². The normalized spacial score (nSPS) is 21.3. The number of likely N-dealkylation sites (N-methyl/N-ethyl adjacent to an activating group) is 1. The maximum Gasteiger partial charge on any atom is 0.279 e. The fourth-order valence-electron chi connectivity index (χ4n) is 2.70. The highest BCUT2D eigenvalue weighted by molar-refractivity contribution is 7.91. The third kappa shape index (κ3) is 4.20. The molecule has 1 aliphatic heterocycles. The SMILES string of the molecule is COc1ccc(C)cc1NC(=O)C[NH+](C)[C@@H]1CCS(=O)(=O)C1. The first-order chi connectivity index (χ1) is 10.3. The van der Waals surface area contributed by atoms with Crippen LogP contribution in [0.15, 0.2) is 18.2 Å². The Morgan fingerprint density at radius 2 is 2.18 bits per heavy atom. The van der Waals surface area contributed by atoms with E-state index in [0.717, 1.165) is 10.5 Å². The van der Waals surface area contributed by atoms with Gasteiger partial charge in [0.25, 0.3) is 5.91 Å². The molecule has 1 aromatic carbocycles. The number of ether oxygens (including phenoxy) is 1. The van der Waals surface area contributed by atoms with Gasteiger partial charge in [0, 0.05) is 6.42 Å². The summed E-state index contributed by atoms with van der Waals surface area (Å²) in [6.07, 6.45) is 0.620. The summed E-state index contributed by atoms with van der Waals surface area (Å²) in [6, 6.07) is 5.57. The summed E-state index contributed by atoms with van der Waals surface area (Å²) in [7, 11) is 0.492. The molecule has 0 saturated carbocycles. The quantitative estimate of drug-likeness (QED) is 0.775. The predicted octanol–water partition coefficient (Wildman–Crippen LogP) is -0.356. The van der Waals surface area contributed by atoms with E-state index in [4.69, 9.17) is 4.74 Å². The monoisotopic (exact) mass is 327 g/mol. The summed E-state index contributed by atoms with van der Waals surface area (Å²) in [5.41, 5.74) is 1.66. The van der Waals surface area contributed by atoms with Crippen LogP contribution in [0.1, 0.15) is 12.0 Å². The van der Waals surface area contributed by atoms with Crippen molar-refractivity contribution in [2.45, 2.75) is 19.4 Å². The molecule has 1 fully saturated rings. The van der Waals surface area contributed by atoms with Crippen molar-refractivity contribution in [1.29, 1.82) is 0 Å². The number of carbonyl (C=O) groups is 1. The smallest absolute Gasteiger partial charge is 0.279 e. The Kier molecular flexibility index (Phi) is 5.08. The number of hydrogen-bond acceptors (Lipinski definition) is 4. The second-order valence-corrected chi connectivity index (χ2v) is 8.10. The van der Waals surface area contributed by atoms with E-state index in [9.17, 15) is 13.2 Å². The van der Waals surface area contributed by atoms with Crippen LogP contribution in [0.2, 0.25) is 0 Å². The average molecular weight is 327 g/mol. The number of quaternary nitrogens is 1. The summed E-state index contributed by atoms with van der Waals surface area (Å²) in [4.78, 5) is 13.1. The molecule has 2 rings (SSSR count). The Hall–Kier alpha value is -1.60. The fraction of sp³-hybridized carbons (Fsp3) is 0.533. The van der Waals surface area contributed by atoms with Crippen LogP contribution in [0.25, 0.3) is 0 Å². The predicted molar refractivity (Wildman–Crippen MR) is 85.2 cm³/mol. The maximum atomic E-state index is 12.2. The van der Waals surface area contributed by atoms with Crippen LogP contribution in [-0.2, 0) is 14.6 Å². The van der Waals surface area contributed by atoms with Crippen molar-refractivity contribution in [3.05, 3.63) is 23.8 Å². The molecule has 22 heavy (non-hydrogen) atoms. The molecule has 7 heteroatoms. The topological polar surface area (TPSA) is 76.9 Å². The largest absolute Gasteiger partial charge is 0.495 e. The first kappa shape index (κ1) is 16.8. The lowest BCUT2D eigenvalue weighted by molar-refractivity contribution is -0.894. The van der Waals surface area contributed by atoms with Crippen molar-refractivity contribution >= 4 is 21.4 Å². The Labute approximate surface area is 131 Å². The van der Waals surface area contributed by atoms with Crippen molar-refractivity contribution in [2.75, 3.05) is 37.5 Å². The van der Waals surface area contributed by atoms with Crippen LogP contribution in [0.5, 0.6) is 5.75 Å². The summed E-state index contributed by atoms with van der Waals surface area (Å²) in [5, 5.41) is 2.84. The van der Waals surface area contributed by atoms with E-state index in [0.29, 0.717) is 17.9 Å². The minimum atomic E-state index is -2.92. The number of nitrogens with one attached hydrogen (secondary N) is 2. The second kappa shape index (κ2) is 6.66. The van der Waals surface area contributed by atoms with Gasteiger partial charge in [-0.1, -0.05) is 6.07 Å². The third-order valence-corrected chi connectivity index (χ3v) is 5.77. The third-order valence-electron chi connectivity index (χ3n) is 4.00. The molecule has 0 bridgehead atoms. The highest BCUT2D eigenvalue weighted by Gasteiger charge is 2.34. The van der Waals surface area contributed by atoms with Crippen molar-refractivity contribution in [2.24, 2.45) is 0 Å². The number of rotatable bonds is 5. The highest BCUT2D eigenvalue weighted by atomic mass is 32.2. The standard InChI is InChI=1S/C15H22N2O4S/c1-11-4-5-14(21-3)13(8-11)16-15(18)9-17(2)12-6-7-22(19,20)10-12/h4-5,8,12H,6-7,9-10H2,1-3H3,(H,16,18)/p+1/t12-/m1/s1. The minimum Gasteiger partial charge on any atom is -0.495 e. The molecule has 1 saturated heterocycles. The number of benzene rings is 1. The number of amides is 1. The van der Waals surface area contributed by atoms with Crippen molar-refractivity contribution in [1.82, 2.24) is 0 Å². The second-order valence-electron chi connectivity index (χ2n) is 5.88.